The Bertz CT molecular complexity index is 680. The summed E-state index contributed by atoms with van der Waals surface area (Å²) in [7, 11) is 0. The van der Waals surface area contributed by atoms with Gasteiger partial charge in [-0.25, -0.2) is 0 Å². The zero-order valence-corrected chi connectivity index (χ0v) is 19.4. The van der Waals surface area contributed by atoms with Gasteiger partial charge in [-0.05, 0) is 104 Å². The van der Waals surface area contributed by atoms with Crippen molar-refractivity contribution < 1.29 is 10.2 Å². The van der Waals surface area contributed by atoms with Crippen LogP contribution in [0.5, 0.6) is 0 Å². The predicted octanol–water partition coefficient (Wildman–Crippen LogP) is 4.40. The Balaban J connectivity index is 1.33. The molecule has 0 spiro atoms. The molecule has 0 amide bonds. The zero-order chi connectivity index (χ0) is 21.1. The Labute approximate surface area is 183 Å². The minimum Gasteiger partial charge on any atom is -0.393 e. The summed E-state index contributed by atoms with van der Waals surface area (Å²) in [4.78, 5) is 4.59. The Hall–Kier alpha value is -0.610. The van der Waals surface area contributed by atoms with Crippen molar-refractivity contribution in [3.8, 4) is 0 Å². The summed E-state index contributed by atoms with van der Waals surface area (Å²) in [6, 6.07) is 0. The summed E-state index contributed by atoms with van der Waals surface area (Å²) in [6.07, 6.45) is 11.4. The van der Waals surface area contributed by atoms with Crippen LogP contribution in [-0.4, -0.2) is 41.3 Å². The fourth-order valence-electron chi connectivity index (χ4n) is 9.34. The Morgan fingerprint density at radius 3 is 2.67 bits per heavy atom. The quantitative estimate of drug-likeness (QED) is 0.637. The maximum Gasteiger partial charge on any atom is 0.0964 e. The third-order valence-corrected chi connectivity index (χ3v) is 11.1. The van der Waals surface area contributed by atoms with E-state index in [0.29, 0.717) is 35.0 Å². The van der Waals surface area contributed by atoms with Crippen LogP contribution in [0.4, 0.5) is 0 Å². The Kier molecular flexibility index (Phi) is 5.50. The molecule has 0 unspecified atom stereocenters. The summed E-state index contributed by atoms with van der Waals surface area (Å²) in [5.74, 6) is 5.28. The molecule has 10 atom stereocenters. The number of fused-ring (bicyclic) bond motifs is 5. The monoisotopic (exact) mass is 416 g/mol. The Morgan fingerprint density at radius 1 is 1.07 bits per heavy atom. The van der Waals surface area contributed by atoms with Gasteiger partial charge in [0.2, 0.25) is 0 Å². The predicted molar refractivity (Wildman–Crippen MR) is 121 cm³/mol. The zero-order valence-electron chi connectivity index (χ0n) is 19.4. The number of aliphatic hydroxyl groups is 2. The van der Waals surface area contributed by atoms with Crippen LogP contribution in [0.1, 0.15) is 85.0 Å². The molecule has 170 valence electrons. The third kappa shape index (κ3) is 3.18. The van der Waals surface area contributed by atoms with Gasteiger partial charge < -0.3 is 15.5 Å². The highest BCUT2D eigenvalue weighted by molar-refractivity contribution is 5.83. The summed E-state index contributed by atoms with van der Waals surface area (Å²) in [5.41, 5.74) is 0.420. The average molecular weight is 417 g/mol. The molecular formula is C26H44N2O2. The van der Waals surface area contributed by atoms with E-state index in [0.717, 1.165) is 51.1 Å². The largest absolute Gasteiger partial charge is 0.393 e. The van der Waals surface area contributed by atoms with Gasteiger partial charge in [0.1, 0.15) is 0 Å². The molecule has 0 aromatic heterocycles. The molecule has 1 heterocycles. The standard InChI is InChI=1S/C26H44N2O2/c1-16(4-9-24-27-12-13-28-24)20-7-8-21-19-6-5-17-14-18(29)10-11-25(17,2)22(19)15-23(30)26(20,21)3/h16-23,29-30H,4-15H2,1-3H3,(H,27,28)/t16-,17-,18-,19+,20-,21+,22+,23+,25+,26-/m1/s1. The van der Waals surface area contributed by atoms with Crippen LogP contribution in [0.2, 0.25) is 0 Å². The number of nitrogens with one attached hydrogen (secondary N) is 1. The second-order valence-electron chi connectivity index (χ2n) is 12.2. The normalized spacial score (nSPS) is 51.4. The third-order valence-electron chi connectivity index (χ3n) is 11.1. The lowest BCUT2D eigenvalue weighted by Gasteiger charge is -2.62. The lowest BCUT2D eigenvalue weighted by atomic mass is 9.43. The van der Waals surface area contributed by atoms with Gasteiger partial charge in [-0.3, -0.25) is 4.99 Å². The summed E-state index contributed by atoms with van der Waals surface area (Å²) in [5, 5.41) is 25.3. The van der Waals surface area contributed by atoms with Gasteiger partial charge in [-0.2, -0.15) is 0 Å². The molecule has 4 heteroatoms. The first-order valence-electron chi connectivity index (χ1n) is 13.0. The molecule has 0 saturated heterocycles. The van der Waals surface area contributed by atoms with Gasteiger partial charge in [0.05, 0.1) is 24.6 Å². The number of rotatable bonds is 4. The lowest BCUT2D eigenvalue weighted by Crippen LogP contribution is -2.58. The summed E-state index contributed by atoms with van der Waals surface area (Å²) < 4.78 is 0. The van der Waals surface area contributed by atoms with Crippen molar-refractivity contribution in [1.82, 2.24) is 5.32 Å². The van der Waals surface area contributed by atoms with Crippen LogP contribution < -0.4 is 5.32 Å². The number of aliphatic imine (C=N–C) groups is 1. The first kappa shape index (κ1) is 21.2. The molecule has 4 nitrogen and oxygen atoms in total. The van der Waals surface area contributed by atoms with Crippen molar-refractivity contribution in [2.45, 2.75) is 97.2 Å². The summed E-state index contributed by atoms with van der Waals surface area (Å²) >= 11 is 0. The van der Waals surface area contributed by atoms with E-state index in [-0.39, 0.29) is 17.6 Å². The molecular weight excluding hydrogens is 372 g/mol. The lowest BCUT2D eigenvalue weighted by molar-refractivity contribution is -0.174. The number of nitrogens with zero attached hydrogens (tertiary/aromatic N) is 1. The van der Waals surface area contributed by atoms with Gasteiger partial charge in [0.25, 0.3) is 0 Å². The Morgan fingerprint density at radius 2 is 1.90 bits per heavy atom. The molecule has 30 heavy (non-hydrogen) atoms. The molecule has 0 aromatic rings. The van der Waals surface area contributed by atoms with Crippen LogP contribution in [0.25, 0.3) is 0 Å². The van der Waals surface area contributed by atoms with Crippen molar-refractivity contribution in [1.29, 1.82) is 0 Å². The number of hydrogen-bond acceptors (Lipinski definition) is 4. The highest BCUT2D eigenvalue weighted by atomic mass is 16.3. The maximum atomic E-state index is 11.6. The first-order chi connectivity index (χ1) is 14.3. The van der Waals surface area contributed by atoms with E-state index >= 15 is 0 Å². The average Bonchev–Trinajstić information content (AvgIpc) is 3.36. The molecule has 3 N–H and O–H groups in total. The van der Waals surface area contributed by atoms with Crippen molar-refractivity contribution >= 4 is 5.84 Å². The first-order valence-corrected chi connectivity index (χ1v) is 13.0. The van der Waals surface area contributed by atoms with E-state index < -0.39 is 0 Å². The van der Waals surface area contributed by atoms with E-state index in [1.54, 1.807) is 0 Å². The minimum atomic E-state index is -0.164. The van der Waals surface area contributed by atoms with Crippen LogP contribution >= 0.6 is 0 Å². The molecule has 4 fully saturated rings. The SMILES string of the molecule is C[C@H](CCC1=NCCN1)[C@H]1CC[C@H]2[C@@H]3CC[C@@H]4C[C@H](O)CC[C@]4(C)[C@H]3C[C@H](O)[C@]12C. The highest BCUT2D eigenvalue weighted by Gasteiger charge is 2.63. The van der Waals surface area contributed by atoms with Gasteiger partial charge in [-0.15, -0.1) is 0 Å². The van der Waals surface area contributed by atoms with Crippen LogP contribution in [-0.2, 0) is 0 Å². The van der Waals surface area contributed by atoms with Crippen molar-refractivity contribution in [2.75, 3.05) is 13.1 Å². The smallest absolute Gasteiger partial charge is 0.0964 e. The van der Waals surface area contributed by atoms with E-state index in [1.165, 1.54) is 37.9 Å². The molecule has 4 aliphatic carbocycles. The van der Waals surface area contributed by atoms with Crippen molar-refractivity contribution in [3.63, 3.8) is 0 Å². The van der Waals surface area contributed by atoms with Crippen LogP contribution in [0, 0.1) is 46.3 Å². The molecule has 5 rings (SSSR count). The van der Waals surface area contributed by atoms with Gasteiger partial charge in [0.15, 0.2) is 0 Å². The fraction of sp³-hybridized carbons (Fsp3) is 0.962. The second-order valence-corrected chi connectivity index (χ2v) is 12.2. The van der Waals surface area contributed by atoms with Crippen LogP contribution in [0.15, 0.2) is 4.99 Å². The van der Waals surface area contributed by atoms with Crippen LogP contribution in [0.3, 0.4) is 0 Å². The molecule has 0 aromatic carbocycles. The van der Waals surface area contributed by atoms with Gasteiger partial charge in [-0.1, -0.05) is 20.8 Å². The number of amidine groups is 1. The number of hydrogen-bond donors (Lipinski definition) is 3. The molecule has 0 radical (unpaired) electrons. The molecule has 1 aliphatic heterocycles. The fourth-order valence-corrected chi connectivity index (χ4v) is 9.34. The minimum absolute atomic E-state index is 0.0862. The molecule has 4 saturated carbocycles. The summed E-state index contributed by atoms with van der Waals surface area (Å²) in [6.45, 7) is 9.35. The van der Waals surface area contributed by atoms with E-state index in [1.807, 2.05) is 0 Å². The number of aliphatic hydroxyl groups excluding tert-OH is 2. The molecule has 5 aliphatic rings. The highest BCUT2D eigenvalue weighted by Crippen LogP contribution is 2.68. The maximum absolute atomic E-state index is 11.6. The topological polar surface area (TPSA) is 64.9 Å². The van der Waals surface area contributed by atoms with Gasteiger partial charge >= 0.3 is 0 Å². The van der Waals surface area contributed by atoms with E-state index in [9.17, 15) is 10.2 Å². The molecule has 0 bridgehead atoms. The second kappa shape index (κ2) is 7.76. The van der Waals surface area contributed by atoms with E-state index in [4.69, 9.17) is 0 Å². The van der Waals surface area contributed by atoms with Gasteiger partial charge in [0, 0.05) is 13.0 Å². The van der Waals surface area contributed by atoms with Crippen molar-refractivity contribution in [3.05, 3.63) is 0 Å². The van der Waals surface area contributed by atoms with E-state index in [2.05, 4.69) is 31.1 Å². The van der Waals surface area contributed by atoms with Crippen molar-refractivity contribution in [2.24, 2.45) is 51.3 Å².